The highest BCUT2D eigenvalue weighted by Gasteiger charge is 2.25. The van der Waals surface area contributed by atoms with Crippen LogP contribution in [0.1, 0.15) is 35.1 Å². The third kappa shape index (κ3) is 5.33. The molecular formula is C30H29NO. The number of carbonyl (C=O) groups excluding carboxylic acids is 1. The second kappa shape index (κ2) is 10.1. The Bertz CT molecular complexity index is 1210. The molecule has 0 aliphatic carbocycles. The van der Waals surface area contributed by atoms with Crippen molar-refractivity contribution >= 4 is 22.8 Å². The zero-order valence-electron chi connectivity index (χ0n) is 18.7. The fraction of sp³-hybridized carbons (Fsp3) is 0.167. The second-order valence-corrected chi connectivity index (χ2v) is 8.42. The largest absolute Gasteiger partial charge is 0.351 e. The highest BCUT2D eigenvalue weighted by Crippen LogP contribution is 2.28. The van der Waals surface area contributed by atoms with Gasteiger partial charge >= 0.3 is 0 Å². The van der Waals surface area contributed by atoms with Gasteiger partial charge in [0, 0.05) is 6.54 Å². The van der Waals surface area contributed by atoms with Gasteiger partial charge in [0.1, 0.15) is 0 Å². The van der Waals surface area contributed by atoms with Crippen LogP contribution in [0.15, 0.2) is 103 Å². The molecule has 2 heteroatoms. The summed E-state index contributed by atoms with van der Waals surface area (Å²) in [6, 6.07) is 33.2. The molecule has 1 N–H and O–H groups in total. The lowest BCUT2D eigenvalue weighted by molar-refractivity contribution is -0.123. The zero-order valence-corrected chi connectivity index (χ0v) is 18.7. The van der Waals surface area contributed by atoms with E-state index in [2.05, 4.69) is 98.0 Å². The molecule has 0 aliphatic heterocycles. The molecule has 0 heterocycles. The predicted octanol–water partition coefficient (Wildman–Crippen LogP) is 6.90. The number of allylic oxidation sites excluding steroid dienone is 1. The molecule has 4 aromatic carbocycles. The van der Waals surface area contributed by atoms with E-state index in [1.54, 1.807) is 0 Å². The molecule has 0 radical (unpaired) electrons. The number of nitrogens with one attached hydrogen (secondary N) is 1. The van der Waals surface area contributed by atoms with Gasteiger partial charge < -0.3 is 5.32 Å². The maximum absolute atomic E-state index is 13.3. The van der Waals surface area contributed by atoms with Crippen molar-refractivity contribution in [3.05, 3.63) is 125 Å². The van der Waals surface area contributed by atoms with Crippen molar-refractivity contribution in [1.29, 1.82) is 0 Å². The molecular weight excluding hydrogens is 390 g/mol. The normalized spacial score (nSPS) is 13.2. The lowest BCUT2D eigenvalue weighted by Gasteiger charge is -2.22. The van der Waals surface area contributed by atoms with Crippen LogP contribution in [0.4, 0.5) is 0 Å². The zero-order chi connectivity index (χ0) is 22.3. The molecule has 2 nitrogen and oxygen atoms in total. The molecule has 160 valence electrons. The van der Waals surface area contributed by atoms with Gasteiger partial charge in [0.2, 0.25) is 5.91 Å². The molecule has 0 fully saturated rings. The first-order chi connectivity index (χ1) is 15.6. The van der Waals surface area contributed by atoms with E-state index in [0.29, 0.717) is 6.54 Å². The van der Waals surface area contributed by atoms with Gasteiger partial charge in [-0.15, -0.1) is 0 Å². The second-order valence-electron chi connectivity index (χ2n) is 8.42. The van der Waals surface area contributed by atoms with Gasteiger partial charge in [-0.05, 0) is 46.4 Å². The van der Waals surface area contributed by atoms with E-state index < -0.39 is 0 Å². The first-order valence-corrected chi connectivity index (χ1v) is 11.2. The van der Waals surface area contributed by atoms with E-state index in [-0.39, 0.29) is 17.7 Å². The summed E-state index contributed by atoms with van der Waals surface area (Å²) < 4.78 is 0. The van der Waals surface area contributed by atoms with Crippen LogP contribution in [0.2, 0.25) is 0 Å². The van der Waals surface area contributed by atoms with E-state index in [9.17, 15) is 4.79 Å². The van der Waals surface area contributed by atoms with Crippen LogP contribution in [0.3, 0.4) is 0 Å². The van der Waals surface area contributed by atoms with E-state index >= 15 is 0 Å². The number of benzene rings is 4. The molecule has 4 rings (SSSR count). The number of rotatable bonds is 7. The van der Waals surface area contributed by atoms with Crippen molar-refractivity contribution in [2.24, 2.45) is 5.92 Å². The van der Waals surface area contributed by atoms with E-state index in [4.69, 9.17) is 0 Å². The highest BCUT2D eigenvalue weighted by molar-refractivity contribution is 5.85. The first kappa shape index (κ1) is 21.6. The lowest BCUT2D eigenvalue weighted by atomic mass is 9.85. The van der Waals surface area contributed by atoms with E-state index in [0.717, 1.165) is 16.7 Å². The molecule has 0 aromatic heterocycles. The number of amides is 1. The average molecular weight is 420 g/mol. The van der Waals surface area contributed by atoms with Gasteiger partial charge in [0.15, 0.2) is 0 Å². The third-order valence-electron chi connectivity index (χ3n) is 5.92. The molecule has 32 heavy (non-hydrogen) atoms. The monoisotopic (exact) mass is 419 g/mol. The van der Waals surface area contributed by atoms with Crippen molar-refractivity contribution in [2.45, 2.75) is 26.3 Å². The Morgan fingerprint density at radius 2 is 1.53 bits per heavy atom. The SMILES string of the molecule is Cc1ccc([C@@H](C(=O)NCc2ccccc2)[C@H](C)/C=C/c2ccc3ccccc3c2)cc1. The number of aryl methyl sites for hydroxylation is 1. The Kier molecular flexibility index (Phi) is 6.81. The summed E-state index contributed by atoms with van der Waals surface area (Å²) in [5, 5.41) is 5.59. The summed E-state index contributed by atoms with van der Waals surface area (Å²) in [5.74, 6) is -0.163. The van der Waals surface area contributed by atoms with Gasteiger partial charge in [0.05, 0.1) is 5.92 Å². The Hall–Kier alpha value is -3.65. The minimum atomic E-state index is -0.254. The van der Waals surface area contributed by atoms with Gasteiger partial charge in [-0.3, -0.25) is 4.79 Å². The Morgan fingerprint density at radius 3 is 2.28 bits per heavy atom. The summed E-state index contributed by atoms with van der Waals surface area (Å²) >= 11 is 0. The van der Waals surface area contributed by atoms with Crippen LogP contribution in [-0.2, 0) is 11.3 Å². The van der Waals surface area contributed by atoms with Crippen molar-refractivity contribution in [2.75, 3.05) is 0 Å². The molecule has 0 saturated heterocycles. The van der Waals surface area contributed by atoms with Crippen LogP contribution >= 0.6 is 0 Å². The number of fused-ring (bicyclic) bond motifs is 1. The van der Waals surface area contributed by atoms with Crippen molar-refractivity contribution in [1.82, 2.24) is 5.32 Å². The van der Waals surface area contributed by atoms with Crippen molar-refractivity contribution < 1.29 is 4.79 Å². The van der Waals surface area contributed by atoms with Crippen LogP contribution in [0, 0.1) is 12.8 Å². The maximum atomic E-state index is 13.3. The summed E-state index contributed by atoms with van der Waals surface area (Å²) in [4.78, 5) is 13.3. The molecule has 4 aromatic rings. The summed E-state index contributed by atoms with van der Waals surface area (Å²) in [7, 11) is 0. The molecule has 0 aliphatic rings. The number of carbonyl (C=O) groups is 1. The van der Waals surface area contributed by atoms with Gasteiger partial charge in [0.25, 0.3) is 0 Å². The maximum Gasteiger partial charge on any atom is 0.228 e. The minimum Gasteiger partial charge on any atom is -0.351 e. The molecule has 0 saturated carbocycles. The van der Waals surface area contributed by atoms with Crippen molar-refractivity contribution in [3.8, 4) is 0 Å². The van der Waals surface area contributed by atoms with E-state index in [1.807, 2.05) is 30.3 Å². The van der Waals surface area contributed by atoms with E-state index in [1.165, 1.54) is 16.3 Å². The molecule has 0 spiro atoms. The van der Waals surface area contributed by atoms with Crippen LogP contribution < -0.4 is 5.32 Å². The average Bonchev–Trinajstić information content (AvgIpc) is 2.83. The minimum absolute atomic E-state index is 0.0416. The summed E-state index contributed by atoms with van der Waals surface area (Å²) in [6.07, 6.45) is 4.28. The quantitative estimate of drug-likeness (QED) is 0.347. The summed E-state index contributed by atoms with van der Waals surface area (Å²) in [5.41, 5.74) is 4.47. The molecule has 1 amide bonds. The summed E-state index contributed by atoms with van der Waals surface area (Å²) in [6.45, 7) is 4.71. The highest BCUT2D eigenvalue weighted by atomic mass is 16.1. The molecule has 2 atom stereocenters. The van der Waals surface area contributed by atoms with Crippen molar-refractivity contribution in [3.63, 3.8) is 0 Å². The topological polar surface area (TPSA) is 29.1 Å². The lowest BCUT2D eigenvalue weighted by Crippen LogP contribution is -2.32. The fourth-order valence-corrected chi connectivity index (χ4v) is 4.05. The fourth-order valence-electron chi connectivity index (χ4n) is 4.05. The van der Waals surface area contributed by atoms with Crippen LogP contribution in [0.25, 0.3) is 16.8 Å². The smallest absolute Gasteiger partial charge is 0.228 e. The Labute approximate surface area is 190 Å². The Balaban J connectivity index is 1.55. The third-order valence-corrected chi connectivity index (χ3v) is 5.92. The van der Waals surface area contributed by atoms with Gasteiger partial charge in [-0.25, -0.2) is 0 Å². The number of hydrogen-bond donors (Lipinski definition) is 1. The van der Waals surface area contributed by atoms with Gasteiger partial charge in [-0.2, -0.15) is 0 Å². The number of hydrogen-bond acceptors (Lipinski definition) is 1. The molecule has 0 bridgehead atoms. The first-order valence-electron chi connectivity index (χ1n) is 11.2. The van der Waals surface area contributed by atoms with Crippen LogP contribution in [0.5, 0.6) is 0 Å². The standard InChI is InChI=1S/C30H29NO/c1-22-12-17-27(18-13-22)29(30(32)31-21-25-8-4-3-5-9-25)23(2)14-15-24-16-19-26-10-6-7-11-28(26)20-24/h3-20,23,29H,21H2,1-2H3,(H,31,32)/b15-14+/t23-,29+/m1/s1. The Morgan fingerprint density at radius 1 is 0.844 bits per heavy atom. The van der Waals surface area contributed by atoms with Crippen LogP contribution in [-0.4, -0.2) is 5.91 Å². The van der Waals surface area contributed by atoms with Gasteiger partial charge in [-0.1, -0.05) is 116 Å². The predicted molar refractivity (Wildman–Crippen MR) is 134 cm³/mol. The molecule has 0 unspecified atom stereocenters.